The maximum absolute atomic E-state index is 9.28. The number of nitrogens with zero attached hydrogens (tertiary/aromatic N) is 3. The fourth-order valence-corrected chi connectivity index (χ4v) is 2.22. The van der Waals surface area contributed by atoms with E-state index in [4.69, 9.17) is 0 Å². The van der Waals surface area contributed by atoms with E-state index < -0.39 is 0 Å². The third kappa shape index (κ3) is 2.88. The fourth-order valence-electron chi connectivity index (χ4n) is 1.67. The zero-order valence-electron chi connectivity index (χ0n) is 10.1. The second kappa shape index (κ2) is 6.18. The summed E-state index contributed by atoms with van der Waals surface area (Å²) in [6.07, 6.45) is 0. The smallest absolute Gasteiger partial charge is 0.119 e. The Kier molecular flexibility index (Phi) is 4.32. The molecule has 0 aliphatic rings. The van der Waals surface area contributed by atoms with Crippen LogP contribution >= 0.6 is 11.8 Å². The Balaban J connectivity index is 2.26. The second-order valence-corrected chi connectivity index (χ2v) is 4.99. The van der Waals surface area contributed by atoms with E-state index in [-0.39, 0.29) is 5.92 Å². The van der Waals surface area contributed by atoms with E-state index in [9.17, 15) is 5.26 Å². The first-order valence-electron chi connectivity index (χ1n) is 5.76. The number of hydrogen-bond acceptors (Lipinski definition) is 4. The molecular weight excluding hydrogens is 242 g/mol. The SMILES string of the molecule is CCSc1ccc(C(C#N)c2ccccc2)nn1. The zero-order valence-corrected chi connectivity index (χ0v) is 10.9. The van der Waals surface area contributed by atoms with Gasteiger partial charge < -0.3 is 0 Å². The van der Waals surface area contributed by atoms with Gasteiger partial charge in [0.05, 0.1) is 11.8 Å². The molecule has 90 valence electrons. The van der Waals surface area contributed by atoms with Gasteiger partial charge in [0.15, 0.2) is 0 Å². The minimum atomic E-state index is -0.348. The second-order valence-electron chi connectivity index (χ2n) is 3.70. The van der Waals surface area contributed by atoms with Crippen molar-refractivity contribution < 1.29 is 0 Å². The van der Waals surface area contributed by atoms with E-state index in [0.29, 0.717) is 5.69 Å². The minimum absolute atomic E-state index is 0.348. The standard InChI is InChI=1S/C14H13N3S/c1-2-18-14-9-8-13(16-17-14)12(10-15)11-6-4-3-5-7-11/h3-9,12H,2H2,1H3. The fraction of sp³-hybridized carbons (Fsp3) is 0.214. The van der Waals surface area contributed by atoms with E-state index in [1.54, 1.807) is 11.8 Å². The molecule has 0 fully saturated rings. The van der Waals surface area contributed by atoms with Crippen LogP contribution in [0.3, 0.4) is 0 Å². The Morgan fingerprint density at radius 3 is 2.50 bits per heavy atom. The van der Waals surface area contributed by atoms with Crippen LogP contribution in [-0.4, -0.2) is 16.0 Å². The van der Waals surface area contributed by atoms with Crippen LogP contribution in [0.5, 0.6) is 0 Å². The van der Waals surface area contributed by atoms with Gasteiger partial charge in [0.1, 0.15) is 10.9 Å². The highest BCUT2D eigenvalue weighted by Gasteiger charge is 2.14. The molecular formula is C14H13N3S. The molecule has 2 rings (SSSR count). The van der Waals surface area contributed by atoms with Gasteiger partial charge in [-0.2, -0.15) is 10.4 Å². The van der Waals surface area contributed by atoms with Crippen LogP contribution in [0.15, 0.2) is 47.5 Å². The van der Waals surface area contributed by atoms with Crippen molar-refractivity contribution in [3.8, 4) is 6.07 Å². The summed E-state index contributed by atoms with van der Waals surface area (Å²) in [4.78, 5) is 0. The van der Waals surface area contributed by atoms with Gasteiger partial charge in [-0.1, -0.05) is 37.3 Å². The molecule has 1 heterocycles. The molecule has 0 bridgehead atoms. The van der Waals surface area contributed by atoms with Gasteiger partial charge in [0.2, 0.25) is 0 Å². The molecule has 0 aliphatic carbocycles. The van der Waals surface area contributed by atoms with Gasteiger partial charge >= 0.3 is 0 Å². The van der Waals surface area contributed by atoms with Crippen molar-refractivity contribution in [1.29, 1.82) is 5.26 Å². The first kappa shape index (κ1) is 12.6. The number of rotatable bonds is 4. The third-order valence-electron chi connectivity index (χ3n) is 2.51. The van der Waals surface area contributed by atoms with E-state index in [0.717, 1.165) is 16.3 Å². The lowest BCUT2D eigenvalue weighted by molar-refractivity contribution is 0.837. The Morgan fingerprint density at radius 1 is 1.17 bits per heavy atom. The highest BCUT2D eigenvalue weighted by molar-refractivity contribution is 7.99. The Hall–Kier alpha value is -1.86. The van der Waals surface area contributed by atoms with Gasteiger partial charge in [0.25, 0.3) is 0 Å². The van der Waals surface area contributed by atoms with Crippen LogP contribution in [0.4, 0.5) is 0 Å². The first-order valence-corrected chi connectivity index (χ1v) is 6.74. The molecule has 0 amide bonds. The average molecular weight is 255 g/mol. The molecule has 1 atom stereocenters. The molecule has 3 nitrogen and oxygen atoms in total. The van der Waals surface area contributed by atoms with E-state index in [1.165, 1.54) is 0 Å². The lowest BCUT2D eigenvalue weighted by Crippen LogP contribution is -2.02. The van der Waals surface area contributed by atoms with Crippen molar-refractivity contribution in [2.45, 2.75) is 17.9 Å². The van der Waals surface area contributed by atoms with Crippen LogP contribution in [-0.2, 0) is 0 Å². The van der Waals surface area contributed by atoms with Gasteiger partial charge in [-0.15, -0.1) is 16.9 Å². The van der Waals surface area contributed by atoms with Gasteiger partial charge in [-0.3, -0.25) is 0 Å². The molecule has 0 N–H and O–H groups in total. The number of hydrogen-bond donors (Lipinski definition) is 0. The first-order chi connectivity index (χ1) is 8.85. The molecule has 2 aromatic rings. The van der Waals surface area contributed by atoms with Crippen molar-refractivity contribution in [2.75, 3.05) is 5.75 Å². The van der Waals surface area contributed by atoms with Crippen LogP contribution < -0.4 is 0 Å². The Morgan fingerprint density at radius 2 is 1.94 bits per heavy atom. The summed E-state index contributed by atoms with van der Waals surface area (Å²) >= 11 is 1.64. The zero-order chi connectivity index (χ0) is 12.8. The van der Waals surface area contributed by atoms with Crippen molar-refractivity contribution in [3.63, 3.8) is 0 Å². The summed E-state index contributed by atoms with van der Waals surface area (Å²) in [6.45, 7) is 2.07. The lowest BCUT2D eigenvalue weighted by atomic mass is 9.97. The molecule has 1 aromatic carbocycles. The number of aromatic nitrogens is 2. The molecule has 4 heteroatoms. The molecule has 0 saturated carbocycles. The molecule has 0 spiro atoms. The van der Waals surface area contributed by atoms with Gasteiger partial charge in [-0.25, -0.2) is 0 Å². The van der Waals surface area contributed by atoms with E-state index in [1.807, 2.05) is 42.5 Å². The molecule has 18 heavy (non-hydrogen) atoms. The average Bonchev–Trinajstić information content (AvgIpc) is 2.43. The molecule has 0 radical (unpaired) electrons. The number of benzene rings is 1. The van der Waals surface area contributed by atoms with E-state index in [2.05, 4.69) is 23.2 Å². The Labute approximate surface area is 111 Å². The predicted octanol–water partition coefficient (Wildman–Crippen LogP) is 3.24. The maximum Gasteiger partial charge on any atom is 0.119 e. The van der Waals surface area contributed by atoms with Crippen LogP contribution in [0.1, 0.15) is 24.1 Å². The maximum atomic E-state index is 9.28. The quantitative estimate of drug-likeness (QED) is 0.787. The molecule has 1 unspecified atom stereocenters. The largest absolute Gasteiger partial charge is 0.197 e. The van der Waals surface area contributed by atoms with E-state index >= 15 is 0 Å². The summed E-state index contributed by atoms with van der Waals surface area (Å²) in [5, 5.41) is 18.5. The summed E-state index contributed by atoms with van der Waals surface area (Å²) in [5.74, 6) is 0.619. The van der Waals surface area contributed by atoms with Crippen molar-refractivity contribution in [3.05, 3.63) is 53.7 Å². The Bertz CT molecular complexity index is 531. The van der Waals surface area contributed by atoms with Crippen molar-refractivity contribution >= 4 is 11.8 Å². The van der Waals surface area contributed by atoms with Crippen LogP contribution in [0.2, 0.25) is 0 Å². The van der Waals surface area contributed by atoms with Crippen LogP contribution in [0, 0.1) is 11.3 Å². The number of thioether (sulfide) groups is 1. The molecule has 1 aromatic heterocycles. The van der Waals surface area contributed by atoms with Gasteiger partial charge in [-0.05, 0) is 23.4 Å². The topological polar surface area (TPSA) is 49.6 Å². The van der Waals surface area contributed by atoms with Crippen molar-refractivity contribution in [2.24, 2.45) is 0 Å². The minimum Gasteiger partial charge on any atom is -0.197 e. The monoisotopic (exact) mass is 255 g/mol. The summed E-state index contributed by atoms with van der Waals surface area (Å²) in [6, 6.07) is 15.7. The highest BCUT2D eigenvalue weighted by Crippen LogP contribution is 2.23. The third-order valence-corrected chi connectivity index (χ3v) is 3.31. The normalized spacial score (nSPS) is 11.8. The number of nitriles is 1. The lowest BCUT2D eigenvalue weighted by Gasteiger charge is -2.08. The molecule has 0 aliphatic heterocycles. The predicted molar refractivity (Wildman–Crippen MR) is 72.3 cm³/mol. The summed E-state index contributed by atoms with van der Waals surface area (Å²) in [7, 11) is 0. The van der Waals surface area contributed by atoms with Gasteiger partial charge in [0, 0.05) is 0 Å². The molecule has 0 saturated heterocycles. The summed E-state index contributed by atoms with van der Waals surface area (Å²) < 4.78 is 0. The van der Waals surface area contributed by atoms with Crippen molar-refractivity contribution in [1.82, 2.24) is 10.2 Å². The summed E-state index contributed by atoms with van der Waals surface area (Å²) in [5.41, 5.74) is 1.65. The van der Waals surface area contributed by atoms with Crippen LogP contribution in [0.25, 0.3) is 0 Å². The highest BCUT2D eigenvalue weighted by atomic mass is 32.2.